The Kier molecular flexibility index (Phi) is 10.3. The van der Waals surface area contributed by atoms with Crippen molar-refractivity contribution < 1.29 is 19.1 Å². The van der Waals surface area contributed by atoms with Crippen LogP contribution in [0.15, 0.2) is 42.7 Å². The number of halogens is 1. The van der Waals surface area contributed by atoms with Gasteiger partial charge in [0.25, 0.3) is 5.91 Å². The highest BCUT2D eigenvalue weighted by Gasteiger charge is 2.42. The van der Waals surface area contributed by atoms with Gasteiger partial charge in [0, 0.05) is 94.2 Å². The molecule has 12 heteroatoms. The molecule has 11 nitrogen and oxygen atoms in total. The fraction of sp³-hybridized carbons (Fsp3) is 0.500. The SMILES string of the molecule is CC(=O)N1CCC(OC(=O)N(CCCN2CC3CN(C(=O)c4c(C)nc(-c5ccncc5)nc4C)CC3C2)c2ccc(C)c(Cl)c2)CC1. The van der Waals surface area contributed by atoms with Crippen LogP contribution in [-0.4, -0.2) is 106 Å². The molecule has 0 aliphatic carbocycles. The molecule has 3 aromatic rings. The third-order valence-corrected chi connectivity index (χ3v) is 10.4. The van der Waals surface area contributed by atoms with Crippen molar-refractivity contribution in [2.75, 3.05) is 57.3 Å². The number of hydrogen-bond acceptors (Lipinski definition) is 8. The lowest BCUT2D eigenvalue weighted by Gasteiger charge is -2.32. The number of piperidine rings is 1. The molecule has 2 unspecified atom stereocenters. The van der Waals surface area contributed by atoms with E-state index in [1.54, 1.807) is 29.1 Å². The molecule has 0 saturated carbocycles. The van der Waals surface area contributed by atoms with Crippen LogP contribution in [0.4, 0.5) is 10.5 Å². The van der Waals surface area contributed by atoms with Crippen molar-refractivity contribution in [3.63, 3.8) is 0 Å². The lowest BCUT2D eigenvalue weighted by molar-refractivity contribution is -0.130. The highest BCUT2D eigenvalue weighted by Crippen LogP contribution is 2.33. The first-order chi connectivity index (χ1) is 23.1. The number of likely N-dealkylation sites (tertiary alicyclic amines) is 3. The van der Waals surface area contributed by atoms with E-state index in [0.29, 0.717) is 90.9 Å². The first-order valence-electron chi connectivity index (χ1n) is 16.8. The molecule has 3 fully saturated rings. The predicted molar refractivity (Wildman–Crippen MR) is 184 cm³/mol. The normalized spacial score (nSPS) is 19.8. The van der Waals surface area contributed by atoms with Crippen molar-refractivity contribution in [2.24, 2.45) is 11.8 Å². The zero-order chi connectivity index (χ0) is 33.9. The van der Waals surface area contributed by atoms with Gasteiger partial charge >= 0.3 is 6.09 Å². The van der Waals surface area contributed by atoms with Crippen molar-refractivity contribution in [1.82, 2.24) is 29.7 Å². The van der Waals surface area contributed by atoms with Gasteiger partial charge in [0.05, 0.1) is 17.0 Å². The largest absolute Gasteiger partial charge is 0.446 e. The van der Waals surface area contributed by atoms with Gasteiger partial charge in [-0.05, 0) is 75.4 Å². The van der Waals surface area contributed by atoms with Gasteiger partial charge in [0.15, 0.2) is 5.82 Å². The number of anilines is 1. The van der Waals surface area contributed by atoms with E-state index >= 15 is 0 Å². The van der Waals surface area contributed by atoms with Crippen LogP contribution in [0.5, 0.6) is 0 Å². The van der Waals surface area contributed by atoms with Crippen LogP contribution in [0.2, 0.25) is 5.02 Å². The van der Waals surface area contributed by atoms with Gasteiger partial charge in [-0.2, -0.15) is 0 Å². The molecular formula is C36H44ClN7O4. The van der Waals surface area contributed by atoms with Gasteiger partial charge in [0.2, 0.25) is 5.91 Å². The summed E-state index contributed by atoms with van der Waals surface area (Å²) in [5.41, 5.74) is 4.51. The van der Waals surface area contributed by atoms with Crippen molar-refractivity contribution in [3.05, 3.63) is 70.3 Å². The van der Waals surface area contributed by atoms with Crippen LogP contribution in [0.25, 0.3) is 11.4 Å². The molecule has 0 N–H and O–H groups in total. The monoisotopic (exact) mass is 673 g/mol. The number of rotatable bonds is 8. The Morgan fingerprint density at radius 3 is 2.17 bits per heavy atom. The third kappa shape index (κ3) is 7.47. The molecule has 6 rings (SSSR count). The number of carbonyl (C=O) groups excluding carboxylic acids is 3. The molecule has 0 bridgehead atoms. The van der Waals surface area contributed by atoms with Gasteiger partial charge in [0.1, 0.15) is 6.10 Å². The van der Waals surface area contributed by atoms with E-state index in [4.69, 9.17) is 16.3 Å². The van der Waals surface area contributed by atoms with Crippen LogP contribution < -0.4 is 4.90 Å². The molecule has 0 radical (unpaired) electrons. The van der Waals surface area contributed by atoms with Gasteiger partial charge in [-0.1, -0.05) is 17.7 Å². The van der Waals surface area contributed by atoms with Crippen molar-refractivity contribution in [2.45, 2.75) is 53.1 Å². The third-order valence-electron chi connectivity index (χ3n) is 9.97. The number of nitrogens with zero attached hydrogens (tertiary/aromatic N) is 7. The maximum absolute atomic E-state index is 13.7. The van der Waals surface area contributed by atoms with E-state index in [1.165, 1.54) is 0 Å². The molecule has 48 heavy (non-hydrogen) atoms. The fourth-order valence-corrected chi connectivity index (χ4v) is 7.45. The fourth-order valence-electron chi connectivity index (χ4n) is 7.28. The summed E-state index contributed by atoms with van der Waals surface area (Å²) in [6, 6.07) is 9.39. The first-order valence-corrected chi connectivity index (χ1v) is 17.2. The number of amides is 3. The summed E-state index contributed by atoms with van der Waals surface area (Å²) in [5.74, 6) is 1.47. The van der Waals surface area contributed by atoms with E-state index in [-0.39, 0.29) is 24.0 Å². The number of ether oxygens (including phenoxy) is 1. The predicted octanol–water partition coefficient (Wildman–Crippen LogP) is 5.17. The van der Waals surface area contributed by atoms with Crippen LogP contribution in [0, 0.1) is 32.6 Å². The van der Waals surface area contributed by atoms with E-state index in [1.807, 2.05) is 56.0 Å². The summed E-state index contributed by atoms with van der Waals surface area (Å²) >= 11 is 6.45. The number of carbonyl (C=O) groups is 3. The van der Waals surface area contributed by atoms with Crippen molar-refractivity contribution in [1.29, 1.82) is 0 Å². The van der Waals surface area contributed by atoms with E-state index in [2.05, 4.69) is 19.9 Å². The molecule has 3 aliphatic rings. The minimum Gasteiger partial charge on any atom is -0.446 e. The minimum absolute atomic E-state index is 0.00473. The Bertz CT molecular complexity index is 1630. The second-order valence-electron chi connectivity index (χ2n) is 13.3. The molecule has 3 amide bonds. The van der Waals surface area contributed by atoms with Gasteiger partial charge < -0.3 is 19.4 Å². The highest BCUT2D eigenvalue weighted by molar-refractivity contribution is 6.31. The van der Waals surface area contributed by atoms with E-state index in [9.17, 15) is 14.4 Å². The van der Waals surface area contributed by atoms with E-state index in [0.717, 1.165) is 37.2 Å². The average Bonchev–Trinajstić information content (AvgIpc) is 3.64. The zero-order valence-corrected chi connectivity index (χ0v) is 28.9. The molecular weight excluding hydrogens is 630 g/mol. The summed E-state index contributed by atoms with van der Waals surface area (Å²) in [5, 5.41) is 0.605. The number of benzene rings is 1. The maximum atomic E-state index is 13.7. The van der Waals surface area contributed by atoms with Crippen LogP contribution in [0.1, 0.15) is 53.5 Å². The molecule has 3 aliphatic heterocycles. The minimum atomic E-state index is -0.382. The lowest BCUT2D eigenvalue weighted by atomic mass is 10.0. The standard InChI is InChI=1S/C36H44ClN7O4/c1-23-6-7-30(18-32(23)37)44(36(47)48-31-10-16-42(17-11-31)26(4)45)15-5-14-41-19-28-21-43(22-29(28)20-41)35(46)33-24(2)39-34(40-25(33)3)27-8-12-38-13-9-27/h6-9,12-13,18,28-29,31H,5,10-11,14-17,19-22H2,1-4H3. The number of hydrogen-bond donors (Lipinski definition) is 0. The van der Waals surface area contributed by atoms with Crippen LogP contribution >= 0.6 is 11.6 Å². The van der Waals surface area contributed by atoms with Gasteiger partial charge in [-0.3, -0.25) is 19.5 Å². The molecule has 2 atom stereocenters. The smallest absolute Gasteiger partial charge is 0.414 e. The Hall–Kier alpha value is -4.09. The molecule has 5 heterocycles. The molecule has 3 saturated heterocycles. The van der Waals surface area contributed by atoms with Crippen molar-refractivity contribution >= 4 is 35.2 Å². The zero-order valence-electron chi connectivity index (χ0n) is 28.2. The highest BCUT2D eigenvalue weighted by atomic mass is 35.5. The average molecular weight is 674 g/mol. The second-order valence-corrected chi connectivity index (χ2v) is 13.8. The first kappa shape index (κ1) is 33.8. The molecule has 1 aromatic carbocycles. The number of aromatic nitrogens is 3. The topological polar surface area (TPSA) is 112 Å². The Labute approximate surface area is 287 Å². The molecule has 0 spiro atoms. The van der Waals surface area contributed by atoms with E-state index < -0.39 is 0 Å². The maximum Gasteiger partial charge on any atom is 0.414 e. The van der Waals surface area contributed by atoms with Gasteiger partial charge in [-0.15, -0.1) is 0 Å². The quantitative estimate of drug-likeness (QED) is 0.322. The summed E-state index contributed by atoms with van der Waals surface area (Å²) in [4.78, 5) is 60.2. The summed E-state index contributed by atoms with van der Waals surface area (Å²) in [6.07, 6.45) is 4.85. The summed E-state index contributed by atoms with van der Waals surface area (Å²) in [7, 11) is 0. The Morgan fingerprint density at radius 2 is 1.56 bits per heavy atom. The number of fused-ring (bicyclic) bond motifs is 1. The number of aryl methyl sites for hydroxylation is 3. The van der Waals surface area contributed by atoms with Gasteiger partial charge in [-0.25, -0.2) is 14.8 Å². The van der Waals surface area contributed by atoms with Crippen molar-refractivity contribution in [3.8, 4) is 11.4 Å². The Balaban J connectivity index is 1.03. The summed E-state index contributed by atoms with van der Waals surface area (Å²) in [6.45, 7) is 13.1. The second kappa shape index (κ2) is 14.6. The Morgan fingerprint density at radius 1 is 0.917 bits per heavy atom. The van der Waals surface area contributed by atoms with Crippen LogP contribution in [0.3, 0.4) is 0 Å². The summed E-state index contributed by atoms with van der Waals surface area (Å²) < 4.78 is 5.95. The van der Waals surface area contributed by atoms with Crippen LogP contribution in [-0.2, 0) is 9.53 Å². The lowest BCUT2D eigenvalue weighted by Crippen LogP contribution is -2.43. The molecule has 2 aromatic heterocycles. The molecule has 254 valence electrons. The number of pyridine rings is 1.